The van der Waals surface area contributed by atoms with Gasteiger partial charge in [-0.25, -0.2) is 0 Å². The van der Waals surface area contributed by atoms with E-state index < -0.39 is 0 Å². The Kier molecular flexibility index (Phi) is 4.03. The van der Waals surface area contributed by atoms with Crippen LogP contribution in [0.1, 0.15) is 32.1 Å². The van der Waals surface area contributed by atoms with Gasteiger partial charge in [0.1, 0.15) is 0 Å². The van der Waals surface area contributed by atoms with E-state index in [0.29, 0.717) is 0 Å². The Bertz CT molecular complexity index is 290. The number of rotatable bonds is 2. The van der Waals surface area contributed by atoms with Crippen LogP contribution >= 0.6 is 11.6 Å². The third-order valence-corrected chi connectivity index (χ3v) is 3.09. The van der Waals surface area contributed by atoms with Crippen molar-refractivity contribution in [1.82, 2.24) is 14.7 Å². The summed E-state index contributed by atoms with van der Waals surface area (Å²) >= 11 is 5.83. The fraction of sp³-hybridized carbons (Fsp3) is 0.727. The van der Waals surface area contributed by atoms with Crippen molar-refractivity contribution in [3.63, 3.8) is 0 Å². The van der Waals surface area contributed by atoms with E-state index in [2.05, 4.69) is 10.00 Å². The molecule has 0 saturated carbocycles. The summed E-state index contributed by atoms with van der Waals surface area (Å²) in [5.41, 5.74) is 0. The Labute approximate surface area is 96.0 Å². The first-order valence-electron chi connectivity index (χ1n) is 5.75. The van der Waals surface area contributed by atoms with E-state index in [1.165, 1.54) is 45.2 Å². The Morgan fingerprint density at radius 2 is 1.80 bits per heavy atom. The SMILES string of the molecule is Clc1cnn(CN2CCCCCCC2)c1. The highest BCUT2D eigenvalue weighted by atomic mass is 35.5. The van der Waals surface area contributed by atoms with Crippen LogP contribution in [0.4, 0.5) is 0 Å². The molecule has 0 aliphatic carbocycles. The lowest BCUT2D eigenvalue weighted by molar-refractivity contribution is 0.189. The van der Waals surface area contributed by atoms with Gasteiger partial charge in [0.2, 0.25) is 0 Å². The van der Waals surface area contributed by atoms with Gasteiger partial charge in [-0.1, -0.05) is 30.9 Å². The van der Waals surface area contributed by atoms with Crippen molar-refractivity contribution in [2.24, 2.45) is 0 Å². The van der Waals surface area contributed by atoms with Gasteiger partial charge in [0.05, 0.1) is 17.9 Å². The van der Waals surface area contributed by atoms with Gasteiger partial charge in [0.15, 0.2) is 0 Å². The number of likely N-dealkylation sites (tertiary alicyclic amines) is 1. The van der Waals surface area contributed by atoms with Crippen LogP contribution in [0.3, 0.4) is 0 Å². The lowest BCUT2D eigenvalue weighted by Gasteiger charge is -2.24. The summed E-state index contributed by atoms with van der Waals surface area (Å²) in [6.07, 6.45) is 10.4. The first-order valence-corrected chi connectivity index (χ1v) is 6.13. The highest BCUT2D eigenvalue weighted by Gasteiger charge is 2.08. The smallest absolute Gasteiger partial charge is 0.0929 e. The number of aromatic nitrogens is 2. The van der Waals surface area contributed by atoms with Crippen LogP contribution in [0.15, 0.2) is 12.4 Å². The van der Waals surface area contributed by atoms with E-state index in [1.807, 2.05) is 10.9 Å². The molecule has 1 aromatic rings. The summed E-state index contributed by atoms with van der Waals surface area (Å²) < 4.78 is 1.92. The summed E-state index contributed by atoms with van der Waals surface area (Å²) in [6.45, 7) is 3.27. The zero-order valence-electron chi connectivity index (χ0n) is 9.03. The molecule has 3 nitrogen and oxygen atoms in total. The van der Waals surface area contributed by atoms with Crippen molar-refractivity contribution in [1.29, 1.82) is 0 Å². The molecule has 15 heavy (non-hydrogen) atoms. The van der Waals surface area contributed by atoms with Gasteiger partial charge in [-0.15, -0.1) is 0 Å². The summed E-state index contributed by atoms with van der Waals surface area (Å²) in [7, 11) is 0. The van der Waals surface area contributed by atoms with Gasteiger partial charge in [-0.2, -0.15) is 5.10 Å². The lowest BCUT2D eigenvalue weighted by Crippen LogP contribution is -2.29. The molecule has 0 radical (unpaired) electrons. The largest absolute Gasteiger partial charge is 0.284 e. The fourth-order valence-corrected chi connectivity index (χ4v) is 2.23. The van der Waals surface area contributed by atoms with Crippen molar-refractivity contribution in [2.75, 3.05) is 13.1 Å². The molecule has 0 bridgehead atoms. The van der Waals surface area contributed by atoms with Gasteiger partial charge < -0.3 is 0 Å². The summed E-state index contributed by atoms with van der Waals surface area (Å²) in [4.78, 5) is 2.46. The zero-order valence-corrected chi connectivity index (χ0v) is 9.79. The van der Waals surface area contributed by atoms with Crippen LogP contribution in [-0.4, -0.2) is 27.8 Å². The van der Waals surface area contributed by atoms with Gasteiger partial charge >= 0.3 is 0 Å². The molecule has 84 valence electrons. The molecule has 4 heteroatoms. The summed E-state index contributed by atoms with van der Waals surface area (Å²) in [5.74, 6) is 0. The topological polar surface area (TPSA) is 21.1 Å². The molecule has 0 atom stereocenters. The van der Waals surface area contributed by atoms with Crippen LogP contribution in [0, 0.1) is 0 Å². The molecule has 0 spiro atoms. The Hall–Kier alpha value is -0.540. The van der Waals surface area contributed by atoms with E-state index in [-0.39, 0.29) is 0 Å². The van der Waals surface area contributed by atoms with Crippen molar-refractivity contribution in [3.05, 3.63) is 17.4 Å². The van der Waals surface area contributed by atoms with Gasteiger partial charge in [0, 0.05) is 6.20 Å². The molecule has 1 aliphatic rings. The number of hydrogen-bond acceptors (Lipinski definition) is 2. The molecule has 1 aliphatic heterocycles. The molecule has 1 aromatic heterocycles. The van der Waals surface area contributed by atoms with Crippen LogP contribution < -0.4 is 0 Å². The molecule has 1 saturated heterocycles. The molecule has 0 unspecified atom stereocenters. The first-order chi connectivity index (χ1) is 7.34. The average molecular weight is 228 g/mol. The maximum absolute atomic E-state index is 5.83. The number of nitrogens with zero attached hydrogens (tertiary/aromatic N) is 3. The summed E-state index contributed by atoms with van der Waals surface area (Å²) in [6, 6.07) is 0. The fourth-order valence-electron chi connectivity index (χ4n) is 2.07. The van der Waals surface area contributed by atoms with Crippen molar-refractivity contribution in [2.45, 2.75) is 38.8 Å². The molecule has 0 N–H and O–H groups in total. The lowest BCUT2D eigenvalue weighted by atomic mass is 10.1. The molecule has 2 rings (SSSR count). The van der Waals surface area contributed by atoms with Crippen LogP contribution in [0.5, 0.6) is 0 Å². The third-order valence-electron chi connectivity index (χ3n) is 2.90. The molecule has 2 heterocycles. The second-order valence-corrected chi connectivity index (χ2v) is 4.66. The molecule has 1 fully saturated rings. The second-order valence-electron chi connectivity index (χ2n) is 4.23. The van der Waals surface area contributed by atoms with Crippen LogP contribution in [-0.2, 0) is 6.67 Å². The van der Waals surface area contributed by atoms with Crippen molar-refractivity contribution in [3.8, 4) is 0 Å². The highest BCUT2D eigenvalue weighted by molar-refractivity contribution is 6.30. The zero-order chi connectivity index (χ0) is 10.5. The standard InChI is InChI=1S/C11H18ClN3/c12-11-8-13-15(9-11)10-14-6-4-2-1-3-5-7-14/h8-9H,1-7,10H2. The van der Waals surface area contributed by atoms with Gasteiger partial charge in [-0.05, 0) is 25.9 Å². The van der Waals surface area contributed by atoms with E-state index >= 15 is 0 Å². The second kappa shape index (κ2) is 5.52. The maximum Gasteiger partial charge on any atom is 0.0929 e. The maximum atomic E-state index is 5.83. The Morgan fingerprint density at radius 3 is 2.40 bits per heavy atom. The minimum Gasteiger partial charge on any atom is -0.284 e. The van der Waals surface area contributed by atoms with Gasteiger partial charge in [-0.3, -0.25) is 9.58 Å². The normalized spacial score (nSPS) is 19.8. The van der Waals surface area contributed by atoms with Crippen LogP contribution in [0.25, 0.3) is 0 Å². The molecular weight excluding hydrogens is 210 g/mol. The average Bonchev–Trinajstić information content (AvgIpc) is 2.56. The first kappa shape index (κ1) is 11.0. The number of hydrogen-bond donors (Lipinski definition) is 0. The van der Waals surface area contributed by atoms with E-state index in [1.54, 1.807) is 6.20 Å². The van der Waals surface area contributed by atoms with Crippen molar-refractivity contribution < 1.29 is 0 Å². The predicted octanol–water partition coefficient (Wildman–Crippen LogP) is 2.76. The van der Waals surface area contributed by atoms with E-state index in [0.717, 1.165) is 11.7 Å². The Morgan fingerprint density at radius 1 is 1.13 bits per heavy atom. The number of halogens is 1. The van der Waals surface area contributed by atoms with Crippen molar-refractivity contribution >= 4 is 11.6 Å². The highest BCUT2D eigenvalue weighted by Crippen LogP contribution is 2.12. The predicted molar refractivity (Wildman–Crippen MR) is 61.9 cm³/mol. The Balaban J connectivity index is 1.86. The van der Waals surface area contributed by atoms with Crippen LogP contribution in [0.2, 0.25) is 5.02 Å². The quantitative estimate of drug-likeness (QED) is 0.775. The third kappa shape index (κ3) is 3.50. The minimum atomic E-state index is 0.724. The monoisotopic (exact) mass is 227 g/mol. The van der Waals surface area contributed by atoms with E-state index in [4.69, 9.17) is 11.6 Å². The van der Waals surface area contributed by atoms with E-state index in [9.17, 15) is 0 Å². The molecular formula is C11H18ClN3. The molecule has 0 aromatic carbocycles. The molecule has 0 amide bonds. The minimum absolute atomic E-state index is 0.724. The van der Waals surface area contributed by atoms with Gasteiger partial charge in [0.25, 0.3) is 0 Å². The summed E-state index contributed by atoms with van der Waals surface area (Å²) in [5, 5.41) is 4.93.